The lowest BCUT2D eigenvalue weighted by Gasteiger charge is -2.26. The second-order valence-corrected chi connectivity index (χ2v) is 11.4. The molecule has 0 unspecified atom stereocenters. The first-order valence-corrected chi connectivity index (χ1v) is 13.7. The number of ether oxygens (including phenoxy) is 1. The molecule has 4 aromatic rings. The van der Waals surface area contributed by atoms with Crippen molar-refractivity contribution in [2.75, 3.05) is 38.2 Å². The van der Waals surface area contributed by atoms with Crippen LogP contribution in [0.4, 0.5) is 5.13 Å². The lowest BCUT2D eigenvalue weighted by molar-refractivity contribution is -0.115. The number of hydrogen-bond acceptors (Lipinski definition) is 6. The van der Waals surface area contributed by atoms with Crippen molar-refractivity contribution in [3.8, 4) is 11.3 Å². The number of anilines is 1. The van der Waals surface area contributed by atoms with E-state index in [4.69, 9.17) is 4.74 Å². The lowest BCUT2D eigenvalue weighted by atomic mass is 10.1. The zero-order valence-electron chi connectivity index (χ0n) is 22.5. The molecule has 3 aromatic heterocycles. The molecular weight excluding hydrogens is 516 g/mol. The van der Waals surface area contributed by atoms with Crippen LogP contribution in [0.25, 0.3) is 22.2 Å². The Morgan fingerprint density at radius 2 is 1.87 bits per heavy atom. The average molecular weight is 549 g/mol. The summed E-state index contributed by atoms with van der Waals surface area (Å²) in [6.07, 6.45) is 5.48. The molecule has 10 nitrogen and oxygen atoms in total. The van der Waals surface area contributed by atoms with Crippen LogP contribution in [0.15, 0.2) is 48.2 Å². The minimum absolute atomic E-state index is 0.00991. The number of aryl methyl sites for hydroxylation is 1. The third-order valence-corrected chi connectivity index (χ3v) is 7.46. The highest BCUT2D eigenvalue weighted by Crippen LogP contribution is 2.30. The second-order valence-electron chi connectivity index (χ2n) is 10.5. The van der Waals surface area contributed by atoms with Gasteiger partial charge in [0.05, 0.1) is 36.6 Å². The molecule has 11 heteroatoms. The molecule has 1 aliphatic heterocycles. The zero-order chi connectivity index (χ0) is 27.7. The third kappa shape index (κ3) is 5.74. The number of morpholine rings is 1. The van der Waals surface area contributed by atoms with Crippen molar-refractivity contribution >= 4 is 45.1 Å². The number of fused-ring (bicyclic) bond motifs is 1. The fourth-order valence-electron chi connectivity index (χ4n) is 4.50. The van der Waals surface area contributed by atoms with Gasteiger partial charge in [-0.05, 0) is 39.0 Å². The molecule has 204 valence electrons. The molecule has 0 bridgehead atoms. The summed E-state index contributed by atoms with van der Waals surface area (Å²) in [5.74, 6) is -0.688. The van der Waals surface area contributed by atoms with E-state index in [1.54, 1.807) is 12.3 Å². The molecule has 1 saturated heterocycles. The highest BCUT2D eigenvalue weighted by atomic mass is 32.1. The number of thiazole rings is 1. The van der Waals surface area contributed by atoms with Gasteiger partial charge in [0, 0.05) is 66.1 Å². The number of amides is 3. The SMILES string of the molecule is Cn1cc(C(=O)N2CCOCC2)c2cc(-c3csc(NC(=O)CNC(=O)c4ccn(C(C)(C)C)c4)n3)ccc21. The Morgan fingerprint density at radius 1 is 1.10 bits per heavy atom. The van der Waals surface area contributed by atoms with Gasteiger partial charge in [-0.25, -0.2) is 4.98 Å². The van der Waals surface area contributed by atoms with Crippen LogP contribution in [0.5, 0.6) is 0 Å². The second kappa shape index (κ2) is 10.7. The molecule has 0 radical (unpaired) electrons. The quantitative estimate of drug-likeness (QED) is 0.382. The Bertz CT molecular complexity index is 1540. The lowest BCUT2D eigenvalue weighted by Crippen LogP contribution is -2.40. The van der Waals surface area contributed by atoms with Gasteiger partial charge in [0.25, 0.3) is 11.8 Å². The smallest absolute Gasteiger partial charge is 0.256 e. The summed E-state index contributed by atoms with van der Waals surface area (Å²) in [7, 11) is 1.92. The molecule has 1 aliphatic rings. The van der Waals surface area contributed by atoms with Crippen molar-refractivity contribution in [1.82, 2.24) is 24.3 Å². The number of benzene rings is 1. The summed E-state index contributed by atoms with van der Waals surface area (Å²) < 4.78 is 9.29. The van der Waals surface area contributed by atoms with Crippen LogP contribution < -0.4 is 10.6 Å². The average Bonchev–Trinajstić information content (AvgIpc) is 3.66. The Balaban J connectivity index is 1.25. The number of nitrogens with zero attached hydrogens (tertiary/aromatic N) is 4. The van der Waals surface area contributed by atoms with Gasteiger partial charge in [0.1, 0.15) is 0 Å². The number of carbonyl (C=O) groups is 3. The predicted molar refractivity (Wildman–Crippen MR) is 151 cm³/mol. The van der Waals surface area contributed by atoms with E-state index >= 15 is 0 Å². The van der Waals surface area contributed by atoms with Gasteiger partial charge in [0.15, 0.2) is 5.13 Å². The highest BCUT2D eigenvalue weighted by Gasteiger charge is 2.23. The Labute approximate surface area is 230 Å². The molecule has 5 rings (SSSR count). The van der Waals surface area contributed by atoms with Gasteiger partial charge in [-0.3, -0.25) is 14.4 Å². The molecule has 39 heavy (non-hydrogen) atoms. The van der Waals surface area contributed by atoms with E-state index in [1.807, 2.05) is 77.8 Å². The number of hydrogen-bond donors (Lipinski definition) is 2. The van der Waals surface area contributed by atoms with E-state index in [-0.39, 0.29) is 29.8 Å². The fraction of sp³-hybridized carbons (Fsp3) is 0.357. The molecule has 2 N–H and O–H groups in total. The normalized spacial score (nSPS) is 14.0. The largest absolute Gasteiger partial charge is 0.378 e. The van der Waals surface area contributed by atoms with Gasteiger partial charge in [0.2, 0.25) is 5.91 Å². The highest BCUT2D eigenvalue weighted by molar-refractivity contribution is 7.14. The van der Waals surface area contributed by atoms with Crippen LogP contribution >= 0.6 is 11.3 Å². The van der Waals surface area contributed by atoms with Crippen molar-refractivity contribution in [1.29, 1.82) is 0 Å². The summed E-state index contributed by atoms with van der Waals surface area (Å²) in [6.45, 7) is 8.22. The number of carbonyl (C=O) groups excluding carboxylic acids is 3. The summed E-state index contributed by atoms with van der Waals surface area (Å²) in [6, 6.07) is 7.62. The van der Waals surface area contributed by atoms with E-state index in [0.29, 0.717) is 48.3 Å². The first kappa shape index (κ1) is 26.6. The first-order chi connectivity index (χ1) is 18.6. The van der Waals surface area contributed by atoms with Crippen LogP contribution in [0.3, 0.4) is 0 Å². The van der Waals surface area contributed by atoms with Crippen LogP contribution in [0.2, 0.25) is 0 Å². The van der Waals surface area contributed by atoms with Crippen molar-refractivity contribution in [2.24, 2.45) is 7.05 Å². The maximum atomic E-state index is 13.2. The summed E-state index contributed by atoms with van der Waals surface area (Å²) in [5, 5.41) is 8.55. The maximum absolute atomic E-state index is 13.2. The van der Waals surface area contributed by atoms with Crippen molar-refractivity contribution in [2.45, 2.75) is 26.3 Å². The van der Waals surface area contributed by atoms with Crippen LogP contribution in [-0.4, -0.2) is 69.6 Å². The summed E-state index contributed by atoms with van der Waals surface area (Å²) >= 11 is 1.30. The molecule has 1 aromatic carbocycles. The standard InChI is InChI=1S/C28H32N6O4S/c1-28(2,3)34-8-7-19(15-34)25(36)29-14-24(35)31-27-30-22(17-39-27)18-5-6-23-20(13-18)21(16-32(23)4)26(37)33-9-11-38-12-10-33/h5-8,13,15-17H,9-12,14H2,1-4H3,(H,29,36)(H,30,31,35). The Morgan fingerprint density at radius 3 is 2.59 bits per heavy atom. The zero-order valence-corrected chi connectivity index (χ0v) is 23.3. The molecule has 0 spiro atoms. The first-order valence-electron chi connectivity index (χ1n) is 12.8. The topological polar surface area (TPSA) is 110 Å². The van der Waals surface area contributed by atoms with Crippen LogP contribution in [0, 0.1) is 0 Å². The fourth-order valence-corrected chi connectivity index (χ4v) is 5.23. The van der Waals surface area contributed by atoms with E-state index in [1.165, 1.54) is 11.3 Å². The van der Waals surface area contributed by atoms with Gasteiger partial charge < -0.3 is 29.4 Å². The van der Waals surface area contributed by atoms with E-state index in [0.717, 1.165) is 16.5 Å². The van der Waals surface area contributed by atoms with Crippen LogP contribution in [0.1, 0.15) is 41.5 Å². The van der Waals surface area contributed by atoms with Gasteiger partial charge in [-0.1, -0.05) is 6.07 Å². The summed E-state index contributed by atoms with van der Waals surface area (Å²) in [5.41, 5.74) is 3.50. The van der Waals surface area contributed by atoms with Crippen LogP contribution in [-0.2, 0) is 22.1 Å². The molecular formula is C28H32N6O4S. The minimum Gasteiger partial charge on any atom is -0.378 e. The predicted octanol–water partition coefficient (Wildman–Crippen LogP) is 3.70. The Hall–Kier alpha value is -3.96. The van der Waals surface area contributed by atoms with E-state index < -0.39 is 0 Å². The number of nitrogens with one attached hydrogen (secondary N) is 2. The van der Waals surface area contributed by atoms with Crippen molar-refractivity contribution in [3.63, 3.8) is 0 Å². The van der Waals surface area contributed by atoms with Gasteiger partial charge in [-0.2, -0.15) is 0 Å². The third-order valence-electron chi connectivity index (χ3n) is 6.70. The molecule has 0 saturated carbocycles. The van der Waals surface area contributed by atoms with Gasteiger partial charge in [-0.15, -0.1) is 11.3 Å². The Kier molecular flexibility index (Phi) is 7.28. The monoisotopic (exact) mass is 548 g/mol. The van der Waals surface area contributed by atoms with Crippen molar-refractivity contribution in [3.05, 3.63) is 59.4 Å². The molecule has 0 aliphatic carbocycles. The number of aromatic nitrogens is 3. The van der Waals surface area contributed by atoms with Gasteiger partial charge >= 0.3 is 0 Å². The van der Waals surface area contributed by atoms with E-state index in [2.05, 4.69) is 15.6 Å². The summed E-state index contributed by atoms with van der Waals surface area (Å²) in [4.78, 5) is 44.5. The molecule has 1 fully saturated rings. The number of rotatable bonds is 6. The minimum atomic E-state index is -0.364. The van der Waals surface area contributed by atoms with Crippen molar-refractivity contribution < 1.29 is 19.1 Å². The molecule has 0 atom stereocenters. The molecule has 3 amide bonds. The van der Waals surface area contributed by atoms with E-state index in [9.17, 15) is 14.4 Å². The molecule has 4 heterocycles. The maximum Gasteiger partial charge on any atom is 0.256 e.